The van der Waals surface area contributed by atoms with Crippen molar-refractivity contribution in [2.75, 3.05) is 0 Å². The van der Waals surface area contributed by atoms with Crippen LogP contribution in [0.15, 0.2) is 67.0 Å². The minimum absolute atomic E-state index is 0.795. The predicted octanol–water partition coefficient (Wildman–Crippen LogP) is 9.67. The number of aromatic nitrogens is 1. The first-order valence-electron chi connectivity index (χ1n) is 16.9. The molecule has 7 aromatic rings. The maximum atomic E-state index is 15.4. The quantitative estimate of drug-likeness (QED) is 0.0515. The van der Waals surface area contributed by atoms with Gasteiger partial charge in [0.1, 0.15) is 57.7 Å². The Labute approximate surface area is 342 Å². The lowest BCUT2D eigenvalue weighted by molar-refractivity contribution is -0.686. The van der Waals surface area contributed by atoms with Crippen molar-refractivity contribution in [2.24, 2.45) is 0 Å². The molecule has 0 aliphatic rings. The van der Waals surface area contributed by atoms with Crippen LogP contribution in [0.1, 0.15) is 5.56 Å². The first-order chi connectivity index (χ1) is 29.5. The van der Waals surface area contributed by atoms with Crippen LogP contribution in [-0.4, -0.2) is 6.15 Å². The Morgan fingerprint density at radius 3 is 0.921 bits per heavy atom. The van der Waals surface area contributed by atoms with Gasteiger partial charge in [-0.25, -0.2) is 87.8 Å². The highest BCUT2D eigenvalue weighted by Crippen LogP contribution is 2.31. The largest absolute Gasteiger partial charge is 0.207 e. The number of nitrogens with zero attached hydrogens (tertiary/aromatic N) is 1. The molecule has 1 heterocycles. The monoisotopic (exact) mass is 933 g/mol. The van der Waals surface area contributed by atoms with Crippen LogP contribution in [0.3, 0.4) is 0 Å². The molecular weight excluding hydrogens is 921 g/mol. The standard InChI is InChI=1S/C24BF20.C16H13ClN/c26-5-1(6(27)14(35)21(42)13(5)34)25(2-7(28)15(36)22(43)16(37)8(2)29,3-9(30)17(38)23(44)18(39)10(3)31)4-11(32)19(40)24(45)20(41)12(4)33;17-16-12-18(10-13-6-2-1-3-7-13)11-14-8-4-5-9-15(14)16/h;1-9,11-12H,10H2/q-1;+1. The molecule has 0 saturated carbocycles. The van der Waals surface area contributed by atoms with Crippen molar-refractivity contribution in [3.63, 3.8) is 0 Å². The fourth-order valence-electron chi connectivity index (χ4n) is 7.02. The van der Waals surface area contributed by atoms with Crippen molar-refractivity contribution in [3.05, 3.63) is 194 Å². The lowest BCUT2D eigenvalue weighted by atomic mass is 9.12. The molecule has 0 amide bonds. The second-order valence-electron chi connectivity index (χ2n) is 13.2. The summed E-state index contributed by atoms with van der Waals surface area (Å²) in [5.74, 6) is -71.4. The van der Waals surface area contributed by atoms with Crippen molar-refractivity contribution in [1.29, 1.82) is 0 Å². The van der Waals surface area contributed by atoms with Crippen LogP contribution in [0.5, 0.6) is 0 Å². The third kappa shape index (κ3) is 7.26. The molecule has 6 aromatic carbocycles. The zero-order valence-electron chi connectivity index (χ0n) is 30.0. The molecule has 0 radical (unpaired) electrons. The highest BCUT2D eigenvalue weighted by atomic mass is 35.5. The Kier molecular flexibility index (Phi) is 12.5. The highest BCUT2D eigenvalue weighted by Gasteiger charge is 2.52. The van der Waals surface area contributed by atoms with E-state index in [9.17, 15) is 52.7 Å². The van der Waals surface area contributed by atoms with Crippen LogP contribution in [-0.2, 0) is 6.54 Å². The van der Waals surface area contributed by atoms with Gasteiger partial charge in [0.15, 0.2) is 88.7 Å². The minimum Gasteiger partial charge on any atom is -0.207 e. The summed E-state index contributed by atoms with van der Waals surface area (Å²) in [6.45, 7) is 0.839. The molecule has 0 aliphatic heterocycles. The summed E-state index contributed by atoms with van der Waals surface area (Å²) < 4.78 is 296. The Balaban J connectivity index is 0.000000302. The molecule has 63 heavy (non-hydrogen) atoms. The molecule has 0 fully saturated rings. The fourth-order valence-corrected chi connectivity index (χ4v) is 7.32. The van der Waals surface area contributed by atoms with E-state index in [2.05, 4.69) is 41.1 Å². The Bertz CT molecular complexity index is 2620. The van der Waals surface area contributed by atoms with E-state index < -0.39 is 144 Å². The first kappa shape index (κ1) is 46.2. The average molecular weight is 934 g/mol. The zero-order valence-corrected chi connectivity index (χ0v) is 30.8. The van der Waals surface area contributed by atoms with Gasteiger partial charge < -0.3 is 0 Å². The molecule has 0 saturated heterocycles. The number of fused-ring (bicyclic) bond motifs is 1. The number of benzene rings is 6. The maximum absolute atomic E-state index is 15.4. The third-order valence-electron chi connectivity index (χ3n) is 9.72. The maximum Gasteiger partial charge on any atom is 0.200 e. The smallest absolute Gasteiger partial charge is 0.200 e. The van der Waals surface area contributed by atoms with Crippen LogP contribution in [0.4, 0.5) is 87.8 Å². The molecule has 328 valence electrons. The summed E-state index contributed by atoms with van der Waals surface area (Å²) in [4.78, 5) is 0. The predicted molar refractivity (Wildman–Crippen MR) is 184 cm³/mol. The fraction of sp³-hybridized carbons (Fsp3) is 0.0250. The van der Waals surface area contributed by atoms with Gasteiger partial charge in [-0.3, -0.25) is 0 Å². The Morgan fingerprint density at radius 2 is 0.603 bits per heavy atom. The van der Waals surface area contributed by atoms with Gasteiger partial charge in [-0.05, 0) is 6.07 Å². The second-order valence-corrected chi connectivity index (χ2v) is 13.6. The van der Waals surface area contributed by atoms with E-state index in [-0.39, 0.29) is 0 Å². The molecule has 0 unspecified atom stereocenters. The first-order valence-corrected chi connectivity index (χ1v) is 17.3. The van der Waals surface area contributed by atoms with E-state index in [1.807, 2.05) is 30.5 Å². The van der Waals surface area contributed by atoms with Gasteiger partial charge in [0.05, 0.1) is 0 Å². The molecule has 0 atom stereocenters. The molecule has 1 nitrogen and oxygen atoms in total. The van der Waals surface area contributed by atoms with Gasteiger partial charge in [-0.2, -0.15) is 4.57 Å². The average Bonchev–Trinajstić information content (AvgIpc) is 3.26. The molecule has 23 heteroatoms. The SMILES string of the molecule is Clc1c[n+](Cc2ccccc2)cc2ccccc12.Fc1c(F)c(F)c([B-](c2c(F)c(F)c(F)c(F)c2F)(c2c(F)c(F)c(F)c(F)c2F)c2c(F)c(F)c(F)c(F)c2F)c(F)c1F. The third-order valence-corrected chi connectivity index (χ3v) is 10.0. The van der Waals surface area contributed by atoms with Gasteiger partial charge in [-0.15, -0.1) is 21.9 Å². The van der Waals surface area contributed by atoms with Gasteiger partial charge in [0.25, 0.3) is 0 Å². The molecule has 7 rings (SSSR count). The number of halogens is 21. The van der Waals surface area contributed by atoms with Crippen molar-refractivity contribution in [2.45, 2.75) is 6.54 Å². The minimum atomic E-state index is -7.22. The summed E-state index contributed by atoms with van der Waals surface area (Å²) in [5, 5.41) is 3.06. The summed E-state index contributed by atoms with van der Waals surface area (Å²) in [7, 11) is 0. The number of pyridine rings is 1. The molecule has 0 N–H and O–H groups in total. The number of rotatable bonds is 6. The normalized spacial score (nSPS) is 11.6. The molecule has 1 aromatic heterocycles. The van der Waals surface area contributed by atoms with Crippen LogP contribution < -0.4 is 26.4 Å². The van der Waals surface area contributed by atoms with E-state index >= 15 is 35.1 Å². The van der Waals surface area contributed by atoms with Crippen molar-refractivity contribution in [1.82, 2.24) is 0 Å². The van der Waals surface area contributed by atoms with Crippen molar-refractivity contribution < 1.29 is 92.4 Å². The van der Waals surface area contributed by atoms with E-state index in [0.717, 1.165) is 17.0 Å². The van der Waals surface area contributed by atoms with Crippen molar-refractivity contribution >= 4 is 50.4 Å². The summed E-state index contributed by atoms with van der Waals surface area (Å²) in [5.41, 5.74) is -13.1. The van der Waals surface area contributed by atoms with E-state index in [0.29, 0.717) is 0 Å². The van der Waals surface area contributed by atoms with Gasteiger partial charge in [0, 0.05) is 16.3 Å². The van der Waals surface area contributed by atoms with E-state index in [4.69, 9.17) is 11.6 Å². The number of hydrogen-bond acceptors (Lipinski definition) is 0. The molecule has 0 spiro atoms. The lowest BCUT2D eigenvalue weighted by Gasteiger charge is -2.44. The Morgan fingerprint density at radius 1 is 0.333 bits per heavy atom. The van der Waals surface area contributed by atoms with E-state index in [1.54, 1.807) is 0 Å². The van der Waals surface area contributed by atoms with Crippen LogP contribution in [0.25, 0.3) is 10.8 Å². The zero-order chi connectivity index (χ0) is 46.7. The summed E-state index contributed by atoms with van der Waals surface area (Å²) in [6.07, 6.45) is -3.10. The van der Waals surface area contributed by atoms with Gasteiger partial charge >= 0.3 is 0 Å². The summed E-state index contributed by atoms with van der Waals surface area (Å²) >= 11 is 6.31. The van der Waals surface area contributed by atoms with Crippen LogP contribution >= 0.6 is 11.6 Å². The number of hydrogen-bond donors (Lipinski definition) is 0. The lowest BCUT2D eigenvalue weighted by Crippen LogP contribution is -2.81. The van der Waals surface area contributed by atoms with E-state index in [1.165, 1.54) is 10.9 Å². The van der Waals surface area contributed by atoms with Crippen LogP contribution in [0.2, 0.25) is 5.02 Å². The highest BCUT2D eigenvalue weighted by molar-refractivity contribution is 7.20. The van der Waals surface area contributed by atoms with Crippen molar-refractivity contribution in [3.8, 4) is 0 Å². The Hall–Kier alpha value is -6.32. The summed E-state index contributed by atoms with van der Waals surface area (Å²) in [6, 6.07) is 18.6. The molecule has 0 aliphatic carbocycles. The molecular formula is C40H13BClF20N. The van der Waals surface area contributed by atoms with Crippen LogP contribution in [0, 0.1) is 116 Å². The molecule has 0 bridgehead atoms. The van der Waals surface area contributed by atoms with Gasteiger partial charge in [-0.1, -0.05) is 60.1 Å². The second kappa shape index (κ2) is 17.1. The van der Waals surface area contributed by atoms with Gasteiger partial charge in [0.2, 0.25) is 0 Å². The topological polar surface area (TPSA) is 3.88 Å².